The summed E-state index contributed by atoms with van der Waals surface area (Å²) in [5.74, 6) is -2.41. The highest BCUT2D eigenvalue weighted by Crippen LogP contribution is 2.34. The van der Waals surface area contributed by atoms with E-state index in [2.05, 4.69) is 4.74 Å². The number of rotatable bonds is 4. The molecule has 1 aliphatic carbocycles. The van der Waals surface area contributed by atoms with Crippen LogP contribution < -0.4 is 0 Å². The molecule has 0 spiro atoms. The van der Waals surface area contributed by atoms with Crippen molar-refractivity contribution >= 4 is 27.9 Å². The van der Waals surface area contributed by atoms with Crippen molar-refractivity contribution in [1.29, 1.82) is 0 Å². The topological polar surface area (TPSA) is 107 Å². The Morgan fingerprint density at radius 2 is 1.60 bits per heavy atom. The third-order valence-electron chi connectivity index (χ3n) is 4.09. The predicted octanol–water partition coefficient (Wildman–Crippen LogP) is 1.33. The molecule has 1 aromatic rings. The van der Waals surface area contributed by atoms with E-state index in [0.29, 0.717) is 24.0 Å². The number of amides is 2. The number of carbonyl (C=O) groups is 3. The molecule has 0 saturated carbocycles. The molecule has 2 aliphatic rings. The van der Waals surface area contributed by atoms with E-state index in [9.17, 15) is 22.8 Å². The highest BCUT2D eigenvalue weighted by atomic mass is 32.2. The van der Waals surface area contributed by atoms with E-state index in [0.717, 1.165) is 26.0 Å². The van der Waals surface area contributed by atoms with E-state index in [1.165, 1.54) is 18.2 Å². The van der Waals surface area contributed by atoms with Gasteiger partial charge in [-0.15, -0.1) is 9.35 Å². The predicted molar refractivity (Wildman–Crippen MR) is 83.4 cm³/mol. The zero-order valence-corrected chi connectivity index (χ0v) is 14.2. The highest BCUT2D eigenvalue weighted by molar-refractivity contribution is 7.86. The Hall–Kier alpha value is -2.52. The molecule has 0 radical (unpaired) electrons. The molecule has 25 heavy (non-hydrogen) atoms. The summed E-state index contributed by atoms with van der Waals surface area (Å²) in [6, 6.07) is 5.23. The summed E-state index contributed by atoms with van der Waals surface area (Å²) in [4.78, 5) is 35.9. The molecule has 132 valence electrons. The molecule has 1 heterocycles. The number of methoxy groups -OCH3 is 1. The minimum Gasteiger partial charge on any atom is -0.465 e. The lowest BCUT2D eigenvalue weighted by Gasteiger charge is -2.15. The minimum atomic E-state index is -4.58. The maximum absolute atomic E-state index is 12.5. The first-order valence-electron chi connectivity index (χ1n) is 7.59. The number of esters is 1. The van der Waals surface area contributed by atoms with Crippen LogP contribution in [-0.4, -0.2) is 38.4 Å². The van der Waals surface area contributed by atoms with Gasteiger partial charge in [0.05, 0.1) is 12.7 Å². The van der Waals surface area contributed by atoms with E-state index in [1.807, 2.05) is 0 Å². The smallest absolute Gasteiger partial charge is 0.339 e. The number of ether oxygens (including phenoxy) is 1. The maximum Gasteiger partial charge on any atom is 0.339 e. The number of hydrogen-bond donors (Lipinski definition) is 0. The average molecular weight is 365 g/mol. The van der Waals surface area contributed by atoms with E-state index >= 15 is 0 Å². The summed E-state index contributed by atoms with van der Waals surface area (Å²) in [5, 5.41) is 0.263. The maximum atomic E-state index is 12.5. The molecule has 8 nitrogen and oxygen atoms in total. The van der Waals surface area contributed by atoms with Crippen molar-refractivity contribution < 1.29 is 31.8 Å². The van der Waals surface area contributed by atoms with E-state index < -0.39 is 32.8 Å². The molecular weight excluding hydrogens is 350 g/mol. The summed E-state index contributed by atoms with van der Waals surface area (Å²) >= 11 is 0. The summed E-state index contributed by atoms with van der Waals surface area (Å²) < 4.78 is 34.4. The zero-order chi connectivity index (χ0) is 18.2. The van der Waals surface area contributed by atoms with Gasteiger partial charge in [0.15, 0.2) is 0 Å². The van der Waals surface area contributed by atoms with Crippen molar-refractivity contribution in [2.24, 2.45) is 0 Å². The summed E-state index contributed by atoms with van der Waals surface area (Å²) in [5.41, 5.74) is 0.349. The Morgan fingerprint density at radius 3 is 2.16 bits per heavy atom. The van der Waals surface area contributed by atoms with Crippen LogP contribution in [0.5, 0.6) is 0 Å². The third-order valence-corrected chi connectivity index (χ3v) is 5.33. The highest BCUT2D eigenvalue weighted by Gasteiger charge is 2.43. The molecule has 0 unspecified atom stereocenters. The van der Waals surface area contributed by atoms with Crippen LogP contribution in [0.1, 0.15) is 36.0 Å². The largest absolute Gasteiger partial charge is 0.465 e. The second-order valence-electron chi connectivity index (χ2n) is 5.59. The van der Waals surface area contributed by atoms with Gasteiger partial charge in [0.2, 0.25) is 0 Å². The molecule has 0 fully saturated rings. The van der Waals surface area contributed by atoms with Crippen molar-refractivity contribution in [3.05, 3.63) is 41.0 Å². The number of hydroxylamine groups is 2. The molecule has 9 heteroatoms. The molecule has 0 aromatic heterocycles. The number of benzene rings is 1. The van der Waals surface area contributed by atoms with Gasteiger partial charge in [0, 0.05) is 11.1 Å². The van der Waals surface area contributed by atoms with Gasteiger partial charge in [-0.1, -0.05) is 12.1 Å². The van der Waals surface area contributed by atoms with Crippen molar-refractivity contribution in [3.63, 3.8) is 0 Å². The average Bonchev–Trinajstić information content (AvgIpc) is 2.86. The van der Waals surface area contributed by atoms with Gasteiger partial charge in [0.25, 0.3) is 11.8 Å². The lowest BCUT2D eigenvalue weighted by atomic mass is 9.93. The molecule has 1 aromatic carbocycles. The van der Waals surface area contributed by atoms with Crippen LogP contribution in [0.4, 0.5) is 0 Å². The van der Waals surface area contributed by atoms with Crippen molar-refractivity contribution in [2.75, 3.05) is 7.11 Å². The second kappa shape index (κ2) is 6.41. The van der Waals surface area contributed by atoms with Gasteiger partial charge >= 0.3 is 16.1 Å². The van der Waals surface area contributed by atoms with E-state index in [1.54, 1.807) is 0 Å². The van der Waals surface area contributed by atoms with Crippen molar-refractivity contribution in [1.82, 2.24) is 5.06 Å². The van der Waals surface area contributed by atoms with Crippen LogP contribution in [0.3, 0.4) is 0 Å². The number of imide groups is 1. The first kappa shape index (κ1) is 17.3. The molecule has 0 N–H and O–H groups in total. The number of nitrogens with zero attached hydrogens (tertiary/aromatic N) is 1. The molecule has 0 saturated heterocycles. The van der Waals surface area contributed by atoms with Crippen LogP contribution in [0, 0.1) is 0 Å². The Morgan fingerprint density at radius 1 is 1.04 bits per heavy atom. The Labute approximate surface area is 144 Å². The lowest BCUT2D eigenvalue weighted by molar-refractivity contribution is -0.162. The molecule has 3 rings (SSSR count). The molecular formula is C16H15NO7S. The fourth-order valence-electron chi connectivity index (χ4n) is 2.88. The monoisotopic (exact) mass is 365 g/mol. The summed E-state index contributed by atoms with van der Waals surface area (Å²) in [6.45, 7) is 0. The van der Waals surface area contributed by atoms with Crippen LogP contribution in [0.2, 0.25) is 0 Å². The van der Waals surface area contributed by atoms with Crippen molar-refractivity contribution in [2.45, 2.75) is 30.6 Å². The zero-order valence-electron chi connectivity index (χ0n) is 13.4. The second-order valence-corrected chi connectivity index (χ2v) is 7.08. The Balaban J connectivity index is 1.93. The van der Waals surface area contributed by atoms with Gasteiger partial charge in [-0.3, -0.25) is 9.59 Å². The van der Waals surface area contributed by atoms with Gasteiger partial charge in [-0.25, -0.2) is 4.79 Å². The quantitative estimate of drug-likeness (QED) is 0.585. The molecule has 0 atom stereocenters. The first-order chi connectivity index (χ1) is 11.9. The minimum absolute atomic E-state index is 0.248. The standard InChI is InChI=1S/C16H15NO7S/c1-23-16(20)12-8-4-5-9-13(12)25(21,22)24-17-14(18)10-6-2-3-7-11(10)15(17)19/h4-5,8-9H,2-3,6-7H2,1H3. The lowest BCUT2D eigenvalue weighted by Crippen LogP contribution is -2.34. The van der Waals surface area contributed by atoms with Crippen LogP contribution >= 0.6 is 0 Å². The number of carbonyl (C=O) groups excluding carboxylic acids is 3. The Kier molecular flexibility index (Phi) is 4.44. The van der Waals surface area contributed by atoms with E-state index in [4.69, 9.17) is 4.28 Å². The van der Waals surface area contributed by atoms with Gasteiger partial charge < -0.3 is 4.74 Å². The van der Waals surface area contributed by atoms with Crippen LogP contribution in [0.25, 0.3) is 0 Å². The third kappa shape index (κ3) is 2.96. The van der Waals surface area contributed by atoms with Crippen LogP contribution in [-0.2, 0) is 28.7 Å². The van der Waals surface area contributed by atoms with Crippen molar-refractivity contribution in [3.8, 4) is 0 Å². The Bertz CT molecular complexity index is 873. The molecule has 0 bridgehead atoms. The molecule has 1 aliphatic heterocycles. The SMILES string of the molecule is COC(=O)c1ccccc1S(=O)(=O)ON1C(=O)C2=C(CCCC2)C1=O. The fraction of sp³-hybridized carbons (Fsp3) is 0.312. The first-order valence-corrected chi connectivity index (χ1v) is 9.00. The van der Waals surface area contributed by atoms with Gasteiger partial charge in [-0.2, -0.15) is 8.42 Å². The van der Waals surface area contributed by atoms with Crippen LogP contribution in [0.15, 0.2) is 40.3 Å². The van der Waals surface area contributed by atoms with Gasteiger partial charge in [0.1, 0.15) is 4.90 Å². The normalized spacial score (nSPS) is 17.7. The van der Waals surface area contributed by atoms with Gasteiger partial charge in [-0.05, 0) is 37.8 Å². The fourth-order valence-corrected chi connectivity index (χ4v) is 3.96. The van der Waals surface area contributed by atoms with E-state index in [-0.39, 0.29) is 10.6 Å². The summed E-state index contributed by atoms with van der Waals surface area (Å²) in [6.07, 6.45) is 2.34. The molecule has 2 amide bonds. The number of hydrogen-bond acceptors (Lipinski definition) is 7. The summed E-state index contributed by atoms with van der Waals surface area (Å²) in [7, 11) is -3.47.